The first-order chi connectivity index (χ1) is 7.56. The summed E-state index contributed by atoms with van der Waals surface area (Å²) in [4.78, 5) is 10.8. The van der Waals surface area contributed by atoms with E-state index in [1.165, 1.54) is 45.3 Å². The summed E-state index contributed by atoms with van der Waals surface area (Å²) in [5.41, 5.74) is 0.630. The Morgan fingerprint density at radius 2 is 2.06 bits per heavy atom. The van der Waals surface area contributed by atoms with Gasteiger partial charge in [0.05, 0.1) is 7.11 Å². The van der Waals surface area contributed by atoms with Crippen molar-refractivity contribution in [2.45, 2.75) is 52.4 Å². The zero-order chi connectivity index (χ0) is 12.0. The van der Waals surface area contributed by atoms with Crippen LogP contribution in [0.25, 0.3) is 0 Å². The summed E-state index contributed by atoms with van der Waals surface area (Å²) in [6.07, 6.45) is 11.0. The lowest BCUT2D eigenvalue weighted by Crippen LogP contribution is -1.93. The first-order valence-electron chi connectivity index (χ1n) is 6.31. The molecule has 1 saturated carbocycles. The van der Waals surface area contributed by atoms with Crippen molar-refractivity contribution in [3.8, 4) is 0 Å². The maximum absolute atomic E-state index is 10.8. The number of carbonyl (C=O) groups excluding carboxylic acids is 1. The SMILES string of the molecule is COC(=O)/C=C/CCCCCC1CC1(C)C. The Bertz CT molecular complexity index is 253. The van der Waals surface area contributed by atoms with Crippen molar-refractivity contribution in [1.29, 1.82) is 0 Å². The minimum absolute atomic E-state index is 0.250. The summed E-state index contributed by atoms with van der Waals surface area (Å²) in [6, 6.07) is 0. The average molecular weight is 224 g/mol. The Morgan fingerprint density at radius 3 is 2.62 bits per heavy atom. The number of hydrogen-bond donors (Lipinski definition) is 0. The monoisotopic (exact) mass is 224 g/mol. The van der Waals surface area contributed by atoms with Crippen molar-refractivity contribution < 1.29 is 9.53 Å². The molecule has 0 radical (unpaired) electrons. The normalized spacial score (nSPS) is 22.3. The number of rotatable bonds is 7. The van der Waals surface area contributed by atoms with Gasteiger partial charge in [-0.2, -0.15) is 0 Å². The van der Waals surface area contributed by atoms with Crippen LogP contribution in [0.2, 0.25) is 0 Å². The van der Waals surface area contributed by atoms with E-state index in [-0.39, 0.29) is 5.97 Å². The number of hydrogen-bond acceptors (Lipinski definition) is 2. The van der Waals surface area contributed by atoms with Crippen molar-refractivity contribution in [3.63, 3.8) is 0 Å². The van der Waals surface area contributed by atoms with Crippen LogP contribution in [0, 0.1) is 11.3 Å². The van der Waals surface area contributed by atoms with Crippen LogP contribution in [-0.4, -0.2) is 13.1 Å². The third kappa shape index (κ3) is 4.82. The van der Waals surface area contributed by atoms with Crippen LogP contribution < -0.4 is 0 Å². The van der Waals surface area contributed by atoms with Gasteiger partial charge < -0.3 is 4.74 Å². The summed E-state index contributed by atoms with van der Waals surface area (Å²) < 4.78 is 4.51. The molecule has 0 bridgehead atoms. The Balaban J connectivity index is 1.89. The second-order valence-electron chi connectivity index (χ2n) is 5.45. The minimum Gasteiger partial charge on any atom is -0.466 e. The number of ether oxygens (including phenoxy) is 1. The van der Waals surface area contributed by atoms with Gasteiger partial charge in [0, 0.05) is 6.08 Å². The lowest BCUT2D eigenvalue weighted by Gasteiger charge is -2.02. The molecule has 0 heterocycles. The first-order valence-corrected chi connectivity index (χ1v) is 6.31. The van der Waals surface area contributed by atoms with E-state index in [0.29, 0.717) is 5.41 Å². The largest absolute Gasteiger partial charge is 0.466 e. The summed E-state index contributed by atoms with van der Waals surface area (Å²) in [5, 5.41) is 0. The van der Waals surface area contributed by atoms with Gasteiger partial charge in [-0.3, -0.25) is 0 Å². The van der Waals surface area contributed by atoms with Crippen molar-refractivity contribution in [2.75, 3.05) is 7.11 Å². The summed E-state index contributed by atoms with van der Waals surface area (Å²) in [7, 11) is 1.41. The number of methoxy groups -OCH3 is 1. The van der Waals surface area contributed by atoms with Gasteiger partial charge in [-0.1, -0.05) is 32.8 Å². The van der Waals surface area contributed by atoms with Crippen LogP contribution in [0.5, 0.6) is 0 Å². The lowest BCUT2D eigenvalue weighted by atomic mass is 10.0. The highest BCUT2D eigenvalue weighted by molar-refractivity contribution is 5.81. The number of carbonyl (C=O) groups is 1. The van der Waals surface area contributed by atoms with E-state index >= 15 is 0 Å². The van der Waals surface area contributed by atoms with E-state index in [2.05, 4.69) is 18.6 Å². The first kappa shape index (κ1) is 13.3. The summed E-state index contributed by atoms with van der Waals surface area (Å²) in [6.45, 7) is 4.72. The summed E-state index contributed by atoms with van der Waals surface area (Å²) >= 11 is 0. The summed E-state index contributed by atoms with van der Waals surface area (Å²) in [5.74, 6) is 0.720. The minimum atomic E-state index is -0.250. The van der Waals surface area contributed by atoms with Gasteiger partial charge in [0.1, 0.15) is 0 Å². The third-order valence-electron chi connectivity index (χ3n) is 3.60. The molecule has 1 rings (SSSR count). The number of allylic oxidation sites excluding steroid dienone is 1. The highest BCUT2D eigenvalue weighted by atomic mass is 16.5. The molecule has 1 fully saturated rings. The molecule has 1 atom stereocenters. The molecular formula is C14H24O2. The molecule has 1 aliphatic carbocycles. The van der Waals surface area contributed by atoms with Gasteiger partial charge in [-0.15, -0.1) is 0 Å². The van der Waals surface area contributed by atoms with Crippen molar-refractivity contribution in [3.05, 3.63) is 12.2 Å². The topological polar surface area (TPSA) is 26.3 Å². The zero-order valence-electron chi connectivity index (χ0n) is 10.8. The standard InChI is InChI=1S/C14H24O2/c1-14(2)11-12(14)9-7-5-4-6-8-10-13(15)16-3/h8,10,12H,4-7,9,11H2,1-3H3/b10-8+. The van der Waals surface area contributed by atoms with Crippen LogP contribution >= 0.6 is 0 Å². The predicted molar refractivity (Wildman–Crippen MR) is 66.1 cm³/mol. The Labute approximate surface area is 99.1 Å². The Morgan fingerprint density at radius 1 is 1.38 bits per heavy atom. The zero-order valence-corrected chi connectivity index (χ0v) is 10.8. The maximum atomic E-state index is 10.8. The van der Waals surface area contributed by atoms with Gasteiger partial charge in [-0.25, -0.2) is 4.79 Å². The van der Waals surface area contributed by atoms with Gasteiger partial charge in [-0.05, 0) is 37.0 Å². The quantitative estimate of drug-likeness (QED) is 0.374. The highest BCUT2D eigenvalue weighted by Crippen LogP contribution is 2.54. The second-order valence-corrected chi connectivity index (χ2v) is 5.45. The average Bonchev–Trinajstić information content (AvgIpc) is 2.84. The smallest absolute Gasteiger partial charge is 0.330 e. The van der Waals surface area contributed by atoms with E-state index < -0.39 is 0 Å². The van der Waals surface area contributed by atoms with E-state index in [9.17, 15) is 4.79 Å². The van der Waals surface area contributed by atoms with E-state index in [1.807, 2.05) is 6.08 Å². The van der Waals surface area contributed by atoms with Gasteiger partial charge in [0.15, 0.2) is 0 Å². The van der Waals surface area contributed by atoms with Gasteiger partial charge in [0.25, 0.3) is 0 Å². The fraction of sp³-hybridized carbons (Fsp3) is 0.786. The maximum Gasteiger partial charge on any atom is 0.330 e. The number of unbranched alkanes of at least 4 members (excludes halogenated alkanes) is 3. The molecule has 0 N–H and O–H groups in total. The second kappa shape index (κ2) is 6.07. The molecule has 0 aromatic heterocycles. The molecule has 16 heavy (non-hydrogen) atoms. The molecule has 0 aromatic rings. The molecule has 0 saturated heterocycles. The molecule has 92 valence electrons. The van der Waals surface area contributed by atoms with Crippen molar-refractivity contribution in [2.24, 2.45) is 11.3 Å². The highest BCUT2D eigenvalue weighted by Gasteiger charge is 2.44. The molecule has 2 nitrogen and oxygen atoms in total. The third-order valence-corrected chi connectivity index (χ3v) is 3.60. The van der Waals surface area contributed by atoms with Crippen LogP contribution in [0.4, 0.5) is 0 Å². The molecule has 1 unspecified atom stereocenters. The van der Waals surface area contributed by atoms with E-state index in [1.54, 1.807) is 0 Å². The molecule has 2 heteroatoms. The molecule has 0 aliphatic heterocycles. The van der Waals surface area contributed by atoms with Crippen LogP contribution in [0.15, 0.2) is 12.2 Å². The van der Waals surface area contributed by atoms with Gasteiger partial charge in [0.2, 0.25) is 0 Å². The number of esters is 1. The predicted octanol–water partition coefficient (Wildman–Crippen LogP) is 3.71. The van der Waals surface area contributed by atoms with Crippen LogP contribution in [0.3, 0.4) is 0 Å². The fourth-order valence-corrected chi connectivity index (χ4v) is 2.15. The Kier molecular flexibility index (Phi) is 5.04. The van der Waals surface area contributed by atoms with Crippen LogP contribution in [0.1, 0.15) is 52.4 Å². The molecular weight excluding hydrogens is 200 g/mol. The van der Waals surface area contributed by atoms with Crippen LogP contribution in [-0.2, 0) is 9.53 Å². The molecule has 1 aliphatic rings. The lowest BCUT2D eigenvalue weighted by molar-refractivity contribution is -0.134. The molecule has 0 aromatic carbocycles. The molecule has 0 spiro atoms. The van der Waals surface area contributed by atoms with E-state index in [4.69, 9.17) is 0 Å². The van der Waals surface area contributed by atoms with Crippen molar-refractivity contribution >= 4 is 5.97 Å². The van der Waals surface area contributed by atoms with Gasteiger partial charge >= 0.3 is 5.97 Å². The Hall–Kier alpha value is -0.790. The fourth-order valence-electron chi connectivity index (χ4n) is 2.15. The van der Waals surface area contributed by atoms with Crippen molar-refractivity contribution in [1.82, 2.24) is 0 Å². The molecule has 0 amide bonds. The van der Waals surface area contributed by atoms with E-state index in [0.717, 1.165) is 12.3 Å².